The highest BCUT2D eigenvalue weighted by molar-refractivity contribution is 5.85. The zero-order chi connectivity index (χ0) is 17.5. The van der Waals surface area contributed by atoms with Gasteiger partial charge in [0, 0.05) is 18.5 Å². The first-order valence-electron chi connectivity index (χ1n) is 8.94. The molecule has 0 aromatic heterocycles. The van der Waals surface area contributed by atoms with Gasteiger partial charge in [0.05, 0.1) is 13.2 Å². The molecule has 2 aromatic carbocycles. The number of nitrogens with one attached hydrogen (secondary N) is 1. The van der Waals surface area contributed by atoms with Crippen molar-refractivity contribution in [2.75, 3.05) is 0 Å². The van der Waals surface area contributed by atoms with Crippen molar-refractivity contribution >= 4 is 18.3 Å². The van der Waals surface area contributed by atoms with Crippen molar-refractivity contribution in [1.29, 1.82) is 0 Å². The van der Waals surface area contributed by atoms with Crippen LogP contribution in [0, 0.1) is 5.92 Å². The van der Waals surface area contributed by atoms with Crippen LogP contribution in [0.4, 0.5) is 0 Å². The number of carbonyl (C=O) groups excluding carboxylic acids is 1. The fourth-order valence-corrected chi connectivity index (χ4v) is 3.31. The van der Waals surface area contributed by atoms with Crippen LogP contribution in [0.3, 0.4) is 0 Å². The molecule has 2 unspecified atom stereocenters. The van der Waals surface area contributed by atoms with Crippen LogP contribution >= 0.6 is 12.4 Å². The fourth-order valence-electron chi connectivity index (χ4n) is 3.31. The number of ether oxygens (including phenoxy) is 1. The van der Waals surface area contributed by atoms with Crippen LogP contribution in [-0.2, 0) is 29.3 Å². The molecule has 0 bridgehead atoms. The summed E-state index contributed by atoms with van der Waals surface area (Å²) in [6, 6.07) is 18.4. The first-order valence-corrected chi connectivity index (χ1v) is 8.94. The molecule has 2 atom stereocenters. The molecule has 0 spiro atoms. The molecule has 1 amide bonds. The molecular formula is C21H27ClN2O2. The maximum atomic E-state index is 12.3. The molecule has 5 heteroatoms. The molecule has 1 fully saturated rings. The second-order valence-corrected chi connectivity index (χ2v) is 6.73. The van der Waals surface area contributed by atoms with Gasteiger partial charge in [0.15, 0.2) is 0 Å². The van der Waals surface area contributed by atoms with Crippen LogP contribution in [0.25, 0.3) is 0 Å². The predicted octanol–water partition coefficient (Wildman–Crippen LogP) is 3.57. The minimum absolute atomic E-state index is 0. The third-order valence-corrected chi connectivity index (χ3v) is 4.78. The Morgan fingerprint density at radius 1 is 1.00 bits per heavy atom. The number of rotatable bonds is 7. The maximum absolute atomic E-state index is 12.3. The number of amides is 1. The molecule has 0 heterocycles. The lowest BCUT2D eigenvalue weighted by Crippen LogP contribution is -2.30. The van der Waals surface area contributed by atoms with E-state index in [1.807, 2.05) is 36.4 Å². The fraction of sp³-hybridized carbons (Fsp3) is 0.381. The zero-order valence-electron chi connectivity index (χ0n) is 14.9. The van der Waals surface area contributed by atoms with Gasteiger partial charge < -0.3 is 15.8 Å². The Morgan fingerprint density at radius 2 is 1.69 bits per heavy atom. The average molecular weight is 375 g/mol. The Hall–Kier alpha value is -1.88. The van der Waals surface area contributed by atoms with E-state index in [9.17, 15) is 4.79 Å². The van der Waals surface area contributed by atoms with Crippen molar-refractivity contribution < 1.29 is 9.53 Å². The van der Waals surface area contributed by atoms with Gasteiger partial charge in [0.1, 0.15) is 0 Å². The maximum Gasteiger partial charge on any atom is 0.223 e. The third kappa shape index (κ3) is 5.84. The van der Waals surface area contributed by atoms with Gasteiger partial charge in [-0.3, -0.25) is 4.79 Å². The van der Waals surface area contributed by atoms with Gasteiger partial charge in [-0.05, 0) is 36.0 Å². The molecule has 0 aliphatic heterocycles. The van der Waals surface area contributed by atoms with Crippen molar-refractivity contribution in [1.82, 2.24) is 5.32 Å². The minimum Gasteiger partial charge on any atom is -0.372 e. The Morgan fingerprint density at radius 3 is 2.38 bits per heavy atom. The van der Waals surface area contributed by atoms with E-state index < -0.39 is 0 Å². The molecule has 1 saturated carbocycles. The number of nitrogens with two attached hydrogens (primary N) is 1. The summed E-state index contributed by atoms with van der Waals surface area (Å²) in [4.78, 5) is 12.3. The molecule has 140 valence electrons. The number of halogens is 1. The molecule has 0 radical (unpaired) electrons. The van der Waals surface area contributed by atoms with Crippen LogP contribution in [0.15, 0.2) is 54.6 Å². The highest BCUT2D eigenvalue weighted by atomic mass is 35.5. The topological polar surface area (TPSA) is 64.4 Å². The highest BCUT2D eigenvalue weighted by Crippen LogP contribution is 2.24. The number of hydrogen-bond donors (Lipinski definition) is 2. The Bertz CT molecular complexity index is 693. The van der Waals surface area contributed by atoms with Crippen LogP contribution in [-0.4, -0.2) is 11.9 Å². The molecule has 3 rings (SSSR count). The largest absolute Gasteiger partial charge is 0.372 e. The molecule has 0 saturated heterocycles. The number of hydrogen-bond acceptors (Lipinski definition) is 3. The Kier molecular flexibility index (Phi) is 8.10. The lowest BCUT2D eigenvalue weighted by molar-refractivity contribution is -0.125. The van der Waals surface area contributed by atoms with Crippen molar-refractivity contribution in [3.05, 3.63) is 71.3 Å². The lowest BCUT2D eigenvalue weighted by atomic mass is 10.1. The van der Waals surface area contributed by atoms with E-state index in [-0.39, 0.29) is 30.3 Å². The molecule has 1 aliphatic carbocycles. The quantitative estimate of drug-likeness (QED) is 0.778. The summed E-state index contributed by atoms with van der Waals surface area (Å²) < 4.78 is 5.84. The van der Waals surface area contributed by atoms with E-state index in [2.05, 4.69) is 23.5 Å². The van der Waals surface area contributed by atoms with Crippen molar-refractivity contribution in [3.8, 4) is 0 Å². The predicted molar refractivity (Wildman–Crippen MR) is 106 cm³/mol. The van der Waals surface area contributed by atoms with Crippen LogP contribution in [0.1, 0.15) is 36.0 Å². The normalized spacial score (nSPS) is 19.0. The Balaban J connectivity index is 0.00000243. The van der Waals surface area contributed by atoms with Gasteiger partial charge in [-0.25, -0.2) is 0 Å². The van der Waals surface area contributed by atoms with Gasteiger partial charge >= 0.3 is 0 Å². The van der Waals surface area contributed by atoms with E-state index in [1.165, 1.54) is 0 Å². The zero-order valence-corrected chi connectivity index (χ0v) is 15.7. The first-order chi connectivity index (χ1) is 12.2. The van der Waals surface area contributed by atoms with E-state index in [0.29, 0.717) is 19.8 Å². The van der Waals surface area contributed by atoms with Crippen molar-refractivity contribution in [3.63, 3.8) is 0 Å². The second kappa shape index (κ2) is 10.3. The SMILES string of the molecule is Cl.NC1CCC(C(=O)NCc2ccccc2COCc2ccccc2)C1. The van der Waals surface area contributed by atoms with Gasteiger partial charge in [-0.1, -0.05) is 54.6 Å². The minimum atomic E-state index is 0. The lowest BCUT2D eigenvalue weighted by Gasteiger charge is -2.14. The molecule has 26 heavy (non-hydrogen) atoms. The number of carbonyl (C=O) groups is 1. The summed E-state index contributed by atoms with van der Waals surface area (Å²) in [5.41, 5.74) is 9.27. The van der Waals surface area contributed by atoms with Crippen LogP contribution in [0.2, 0.25) is 0 Å². The summed E-state index contributed by atoms with van der Waals surface area (Å²) >= 11 is 0. The van der Waals surface area contributed by atoms with Crippen LogP contribution < -0.4 is 11.1 Å². The summed E-state index contributed by atoms with van der Waals surface area (Å²) in [6.45, 7) is 1.66. The standard InChI is InChI=1S/C21H26N2O2.ClH/c22-20-11-10-17(12-20)21(24)23-13-18-8-4-5-9-19(18)15-25-14-16-6-2-1-3-7-16;/h1-9,17,20H,10-15,22H2,(H,23,24);1H. The first kappa shape index (κ1) is 20.4. The van der Waals surface area contributed by atoms with Gasteiger partial charge in [0.25, 0.3) is 0 Å². The summed E-state index contributed by atoms with van der Waals surface area (Å²) in [5, 5.41) is 3.06. The molecular weight excluding hydrogens is 348 g/mol. The third-order valence-electron chi connectivity index (χ3n) is 4.78. The van der Waals surface area contributed by atoms with Gasteiger partial charge in [0.2, 0.25) is 5.91 Å². The molecule has 1 aliphatic rings. The summed E-state index contributed by atoms with van der Waals surface area (Å²) in [7, 11) is 0. The van der Waals surface area contributed by atoms with Crippen LogP contribution in [0.5, 0.6) is 0 Å². The highest BCUT2D eigenvalue weighted by Gasteiger charge is 2.27. The smallest absolute Gasteiger partial charge is 0.223 e. The second-order valence-electron chi connectivity index (χ2n) is 6.73. The van der Waals surface area contributed by atoms with E-state index in [4.69, 9.17) is 10.5 Å². The van der Waals surface area contributed by atoms with Gasteiger partial charge in [-0.2, -0.15) is 0 Å². The van der Waals surface area contributed by atoms with E-state index >= 15 is 0 Å². The summed E-state index contributed by atoms with van der Waals surface area (Å²) in [5.74, 6) is 0.185. The summed E-state index contributed by atoms with van der Waals surface area (Å²) in [6.07, 6.45) is 2.64. The Labute approximate surface area is 161 Å². The van der Waals surface area contributed by atoms with E-state index in [0.717, 1.165) is 36.0 Å². The van der Waals surface area contributed by atoms with Crippen molar-refractivity contribution in [2.24, 2.45) is 11.7 Å². The van der Waals surface area contributed by atoms with E-state index in [1.54, 1.807) is 0 Å². The monoisotopic (exact) mass is 374 g/mol. The molecule has 2 aromatic rings. The van der Waals surface area contributed by atoms with Crippen molar-refractivity contribution in [2.45, 2.75) is 45.1 Å². The molecule has 3 N–H and O–H groups in total. The van der Waals surface area contributed by atoms with Gasteiger partial charge in [-0.15, -0.1) is 12.4 Å². The molecule has 4 nitrogen and oxygen atoms in total. The number of benzene rings is 2. The average Bonchev–Trinajstić information content (AvgIpc) is 3.08.